The molecule has 0 spiro atoms. The highest BCUT2D eigenvalue weighted by molar-refractivity contribution is 5.66. The number of carboxylic acids is 1. The molecular formula is C11H21NO7. The average Bonchev–Trinajstić information content (AvgIpc) is 2.37. The SMILES string of the molecule is NC(CCC(=O)O)C[C@@H]1O[C@H](CO)[C@@H](O)[C@H](O)[C@H]1O. The van der Waals surface area contributed by atoms with Gasteiger partial charge in [-0.05, 0) is 12.8 Å². The lowest BCUT2D eigenvalue weighted by Gasteiger charge is -2.40. The molecule has 0 aromatic rings. The fourth-order valence-electron chi connectivity index (χ4n) is 2.10. The van der Waals surface area contributed by atoms with Gasteiger partial charge in [-0.25, -0.2) is 0 Å². The third-order valence-electron chi connectivity index (χ3n) is 3.26. The van der Waals surface area contributed by atoms with Crippen LogP contribution < -0.4 is 5.73 Å². The zero-order chi connectivity index (χ0) is 14.6. The molecule has 0 amide bonds. The molecule has 8 heteroatoms. The molecule has 6 atom stereocenters. The highest BCUT2D eigenvalue weighted by atomic mass is 16.5. The fraction of sp³-hybridized carbons (Fsp3) is 0.909. The molecule has 1 unspecified atom stereocenters. The van der Waals surface area contributed by atoms with Crippen LogP contribution in [0.15, 0.2) is 0 Å². The van der Waals surface area contributed by atoms with Crippen LogP contribution in [0.1, 0.15) is 19.3 Å². The second-order valence-electron chi connectivity index (χ2n) is 4.80. The van der Waals surface area contributed by atoms with Gasteiger partial charge in [0, 0.05) is 12.5 Å². The molecule has 0 aromatic carbocycles. The first kappa shape index (κ1) is 16.3. The number of aliphatic hydroxyl groups is 4. The minimum atomic E-state index is -1.43. The van der Waals surface area contributed by atoms with Crippen LogP contribution in [0.5, 0.6) is 0 Å². The van der Waals surface area contributed by atoms with E-state index >= 15 is 0 Å². The van der Waals surface area contributed by atoms with E-state index in [0.717, 1.165) is 0 Å². The molecule has 0 radical (unpaired) electrons. The number of carboxylic acid groups (broad SMARTS) is 1. The first-order valence-corrected chi connectivity index (χ1v) is 6.14. The molecule has 0 aromatic heterocycles. The zero-order valence-electron chi connectivity index (χ0n) is 10.4. The molecule has 1 saturated heterocycles. The molecule has 1 heterocycles. The summed E-state index contributed by atoms with van der Waals surface area (Å²) in [7, 11) is 0. The van der Waals surface area contributed by atoms with Gasteiger partial charge in [0.1, 0.15) is 24.4 Å². The largest absolute Gasteiger partial charge is 0.481 e. The number of carbonyl (C=O) groups is 1. The van der Waals surface area contributed by atoms with Crippen molar-refractivity contribution in [3.63, 3.8) is 0 Å². The maximum absolute atomic E-state index is 10.4. The summed E-state index contributed by atoms with van der Waals surface area (Å²) in [5.74, 6) is -0.968. The van der Waals surface area contributed by atoms with E-state index in [1.54, 1.807) is 0 Å². The van der Waals surface area contributed by atoms with E-state index < -0.39 is 49.1 Å². The number of rotatable bonds is 6. The summed E-state index contributed by atoms with van der Waals surface area (Å²) < 4.78 is 5.27. The van der Waals surface area contributed by atoms with Crippen LogP contribution in [0.25, 0.3) is 0 Å². The Labute approximate surface area is 110 Å². The van der Waals surface area contributed by atoms with E-state index in [1.165, 1.54) is 0 Å². The van der Waals surface area contributed by atoms with Gasteiger partial charge in [-0.3, -0.25) is 4.79 Å². The van der Waals surface area contributed by atoms with E-state index in [2.05, 4.69) is 0 Å². The van der Waals surface area contributed by atoms with Gasteiger partial charge in [0.15, 0.2) is 0 Å². The number of aliphatic hydroxyl groups excluding tert-OH is 4. The van der Waals surface area contributed by atoms with Gasteiger partial charge in [-0.1, -0.05) is 0 Å². The van der Waals surface area contributed by atoms with Crippen molar-refractivity contribution >= 4 is 5.97 Å². The predicted molar refractivity (Wildman–Crippen MR) is 63.2 cm³/mol. The standard InChI is InChI=1S/C11H21NO7/c12-5(1-2-8(14)15)3-6-9(16)11(18)10(17)7(4-13)19-6/h5-7,9-11,13,16-18H,1-4,12H2,(H,14,15)/t5?,6-,7+,9-,10+,11+/m0/s1. The van der Waals surface area contributed by atoms with E-state index in [4.69, 9.17) is 20.7 Å². The Kier molecular flexibility index (Phi) is 6.11. The smallest absolute Gasteiger partial charge is 0.303 e. The maximum atomic E-state index is 10.4. The second-order valence-corrected chi connectivity index (χ2v) is 4.80. The zero-order valence-corrected chi connectivity index (χ0v) is 10.4. The number of hydrogen-bond donors (Lipinski definition) is 6. The third kappa shape index (κ3) is 4.37. The quantitative estimate of drug-likeness (QED) is 0.309. The van der Waals surface area contributed by atoms with Crippen molar-refractivity contribution in [2.24, 2.45) is 5.73 Å². The van der Waals surface area contributed by atoms with Gasteiger partial charge in [-0.2, -0.15) is 0 Å². The molecule has 112 valence electrons. The fourth-order valence-corrected chi connectivity index (χ4v) is 2.10. The van der Waals surface area contributed by atoms with Crippen molar-refractivity contribution in [1.82, 2.24) is 0 Å². The highest BCUT2D eigenvalue weighted by Crippen LogP contribution is 2.24. The normalized spacial score (nSPS) is 37.0. The monoisotopic (exact) mass is 279 g/mol. The van der Waals surface area contributed by atoms with E-state index in [-0.39, 0.29) is 19.3 Å². The summed E-state index contributed by atoms with van der Waals surface area (Å²) in [6.45, 7) is -0.494. The maximum Gasteiger partial charge on any atom is 0.303 e. The molecular weight excluding hydrogens is 258 g/mol. The molecule has 1 fully saturated rings. The third-order valence-corrected chi connectivity index (χ3v) is 3.26. The van der Waals surface area contributed by atoms with Crippen LogP contribution in [0.2, 0.25) is 0 Å². The summed E-state index contributed by atoms with van der Waals surface area (Å²) in [4.78, 5) is 10.4. The molecule has 7 N–H and O–H groups in total. The summed E-state index contributed by atoms with van der Waals surface area (Å²) in [5, 5.41) is 46.5. The van der Waals surface area contributed by atoms with Crippen LogP contribution >= 0.6 is 0 Å². The molecule has 0 saturated carbocycles. The average molecular weight is 279 g/mol. The van der Waals surface area contributed by atoms with Crippen molar-refractivity contribution in [2.45, 2.75) is 55.8 Å². The van der Waals surface area contributed by atoms with Gasteiger partial charge in [0.25, 0.3) is 0 Å². The van der Waals surface area contributed by atoms with Crippen molar-refractivity contribution in [2.75, 3.05) is 6.61 Å². The van der Waals surface area contributed by atoms with Gasteiger partial charge >= 0.3 is 5.97 Å². The summed E-state index contributed by atoms with van der Waals surface area (Å²) in [5.41, 5.74) is 5.72. The van der Waals surface area contributed by atoms with E-state index in [0.29, 0.717) is 0 Å². The number of nitrogens with two attached hydrogens (primary N) is 1. The lowest BCUT2D eigenvalue weighted by molar-refractivity contribution is -0.231. The van der Waals surface area contributed by atoms with Crippen molar-refractivity contribution in [1.29, 1.82) is 0 Å². The molecule has 0 aliphatic carbocycles. The molecule has 1 aliphatic heterocycles. The van der Waals surface area contributed by atoms with Gasteiger partial charge in [-0.15, -0.1) is 0 Å². The lowest BCUT2D eigenvalue weighted by Crippen LogP contribution is -2.59. The Balaban J connectivity index is 2.54. The van der Waals surface area contributed by atoms with Crippen molar-refractivity contribution in [3.8, 4) is 0 Å². The molecule has 1 aliphatic rings. The van der Waals surface area contributed by atoms with Gasteiger partial charge in [0.2, 0.25) is 0 Å². The molecule has 1 rings (SSSR count). The minimum absolute atomic E-state index is 0.0986. The predicted octanol–water partition coefficient (Wildman–Crippen LogP) is -2.59. The molecule has 8 nitrogen and oxygen atoms in total. The van der Waals surface area contributed by atoms with Crippen LogP contribution in [-0.4, -0.2) is 74.7 Å². The second kappa shape index (κ2) is 7.13. The first-order chi connectivity index (χ1) is 8.86. The number of ether oxygens (including phenoxy) is 1. The van der Waals surface area contributed by atoms with E-state index in [1.807, 2.05) is 0 Å². The van der Waals surface area contributed by atoms with Gasteiger partial charge in [0.05, 0.1) is 12.7 Å². The highest BCUT2D eigenvalue weighted by Gasteiger charge is 2.43. The van der Waals surface area contributed by atoms with Crippen molar-refractivity contribution < 1.29 is 35.1 Å². The topological polar surface area (TPSA) is 153 Å². The van der Waals surface area contributed by atoms with Crippen LogP contribution in [0.3, 0.4) is 0 Å². The summed E-state index contributed by atoms with van der Waals surface area (Å²) in [6, 6.07) is -0.516. The minimum Gasteiger partial charge on any atom is -0.481 e. The van der Waals surface area contributed by atoms with Crippen molar-refractivity contribution in [3.05, 3.63) is 0 Å². The number of aliphatic carboxylic acids is 1. The Bertz CT molecular complexity index is 299. The Morgan fingerprint density at radius 2 is 1.74 bits per heavy atom. The summed E-state index contributed by atoms with van der Waals surface area (Å²) in [6.07, 6.45) is -5.71. The summed E-state index contributed by atoms with van der Waals surface area (Å²) >= 11 is 0. The van der Waals surface area contributed by atoms with Gasteiger partial charge < -0.3 is 36.0 Å². The van der Waals surface area contributed by atoms with E-state index in [9.17, 15) is 20.1 Å². The Morgan fingerprint density at radius 3 is 2.26 bits per heavy atom. The molecule has 19 heavy (non-hydrogen) atoms. The van der Waals surface area contributed by atoms with Crippen LogP contribution in [-0.2, 0) is 9.53 Å². The Morgan fingerprint density at radius 1 is 1.16 bits per heavy atom. The Hall–Kier alpha value is -0.770. The lowest BCUT2D eigenvalue weighted by atomic mass is 9.91. The van der Waals surface area contributed by atoms with Crippen LogP contribution in [0.4, 0.5) is 0 Å². The number of hydrogen-bond acceptors (Lipinski definition) is 7. The van der Waals surface area contributed by atoms with Crippen LogP contribution in [0, 0.1) is 0 Å². The molecule has 0 bridgehead atoms. The first-order valence-electron chi connectivity index (χ1n) is 6.14.